The van der Waals surface area contributed by atoms with Gasteiger partial charge in [-0.05, 0) is 6.42 Å². The molecule has 1 saturated heterocycles. The fraction of sp³-hybridized carbons (Fsp3) is 0.880. The summed E-state index contributed by atoms with van der Waals surface area (Å²) in [5, 5.41) is 10.1. The van der Waals surface area contributed by atoms with E-state index in [-0.39, 0.29) is 24.1 Å². The second kappa shape index (κ2) is 16.9. The van der Waals surface area contributed by atoms with E-state index in [1.165, 1.54) is 89.9 Å². The zero-order valence-electron chi connectivity index (χ0n) is 18.3. The molecule has 0 saturated carbocycles. The minimum atomic E-state index is -0.375. The second-order valence-electron chi connectivity index (χ2n) is 8.62. The van der Waals surface area contributed by atoms with Crippen LogP contribution in [0.4, 0.5) is 0 Å². The first-order chi connectivity index (χ1) is 13.7. The third kappa shape index (κ3) is 11.7. The molecule has 3 heteroatoms. The van der Waals surface area contributed by atoms with E-state index < -0.39 is 0 Å². The van der Waals surface area contributed by atoms with Gasteiger partial charge in [0.25, 0.3) is 0 Å². The van der Waals surface area contributed by atoms with E-state index in [9.17, 15) is 9.90 Å². The van der Waals surface area contributed by atoms with Crippen LogP contribution in [0.1, 0.15) is 122 Å². The van der Waals surface area contributed by atoms with Crippen molar-refractivity contribution in [3.63, 3.8) is 0 Å². The number of hydrogen-bond donors (Lipinski definition) is 1. The van der Waals surface area contributed by atoms with Gasteiger partial charge in [-0.3, -0.25) is 4.79 Å². The Morgan fingerprint density at radius 3 is 1.79 bits per heavy atom. The third-order valence-electron chi connectivity index (χ3n) is 6.00. The molecular formula is C25H44O3. The molecule has 3 atom stereocenters. The van der Waals surface area contributed by atoms with Crippen molar-refractivity contribution in [3.8, 4) is 12.3 Å². The van der Waals surface area contributed by atoms with Gasteiger partial charge in [-0.25, -0.2) is 0 Å². The Morgan fingerprint density at radius 2 is 1.36 bits per heavy atom. The van der Waals surface area contributed by atoms with Gasteiger partial charge in [-0.15, -0.1) is 12.3 Å². The molecule has 3 nitrogen and oxygen atoms in total. The van der Waals surface area contributed by atoms with E-state index in [4.69, 9.17) is 11.2 Å². The Bertz CT molecular complexity index is 426. The van der Waals surface area contributed by atoms with Crippen molar-refractivity contribution >= 4 is 5.97 Å². The summed E-state index contributed by atoms with van der Waals surface area (Å²) in [4.78, 5) is 11.3. The number of carbonyl (C=O) groups is 1. The molecule has 1 fully saturated rings. The van der Waals surface area contributed by atoms with Crippen molar-refractivity contribution in [2.24, 2.45) is 5.92 Å². The van der Waals surface area contributed by atoms with Crippen molar-refractivity contribution in [2.45, 2.75) is 135 Å². The lowest BCUT2D eigenvalue weighted by Crippen LogP contribution is -2.46. The number of aliphatic hydroxyl groups excluding tert-OH is 1. The summed E-state index contributed by atoms with van der Waals surface area (Å²) < 4.78 is 5.11. The summed E-state index contributed by atoms with van der Waals surface area (Å²) >= 11 is 0. The molecule has 0 amide bonds. The van der Waals surface area contributed by atoms with E-state index in [1.807, 2.05) is 0 Å². The molecule has 1 rings (SSSR count). The van der Waals surface area contributed by atoms with Crippen molar-refractivity contribution < 1.29 is 14.6 Å². The molecule has 162 valence electrons. The van der Waals surface area contributed by atoms with E-state index >= 15 is 0 Å². The number of hydrogen-bond acceptors (Lipinski definition) is 3. The number of ether oxygens (including phenoxy) is 1. The lowest BCUT2D eigenvalue weighted by molar-refractivity contribution is -0.187. The predicted molar refractivity (Wildman–Crippen MR) is 117 cm³/mol. The van der Waals surface area contributed by atoms with Crippen molar-refractivity contribution in [1.82, 2.24) is 0 Å². The Morgan fingerprint density at radius 1 is 0.893 bits per heavy atom. The van der Waals surface area contributed by atoms with E-state index in [2.05, 4.69) is 12.8 Å². The van der Waals surface area contributed by atoms with Gasteiger partial charge in [0.05, 0.1) is 6.10 Å². The third-order valence-corrected chi connectivity index (χ3v) is 6.00. The first kappa shape index (κ1) is 25.0. The number of unbranched alkanes of at least 4 members (excludes halogenated alkanes) is 14. The highest BCUT2D eigenvalue weighted by atomic mass is 16.6. The second-order valence-corrected chi connectivity index (χ2v) is 8.62. The molecular weight excluding hydrogens is 348 g/mol. The predicted octanol–water partition coefficient (Wildman–Crippen LogP) is 6.56. The Hall–Kier alpha value is -1.01. The highest BCUT2D eigenvalue weighted by molar-refractivity contribution is 5.78. The molecule has 0 radical (unpaired) electrons. The minimum absolute atomic E-state index is 0.171. The maximum atomic E-state index is 11.3. The highest BCUT2D eigenvalue weighted by Crippen LogP contribution is 2.29. The normalized spacial score (nSPS) is 19.7. The fourth-order valence-electron chi connectivity index (χ4n) is 4.09. The van der Waals surface area contributed by atoms with Gasteiger partial charge in [0, 0.05) is 12.8 Å². The van der Waals surface area contributed by atoms with E-state index in [0.29, 0.717) is 12.8 Å². The number of aliphatic hydroxyl groups is 1. The van der Waals surface area contributed by atoms with Gasteiger partial charge in [-0.1, -0.05) is 103 Å². The van der Waals surface area contributed by atoms with Gasteiger partial charge < -0.3 is 9.84 Å². The summed E-state index contributed by atoms with van der Waals surface area (Å²) in [5.41, 5.74) is 0. The van der Waals surface area contributed by atoms with Gasteiger partial charge in [-0.2, -0.15) is 0 Å². The lowest BCUT2D eigenvalue weighted by Gasteiger charge is -2.35. The SMILES string of the molecule is C#CC[C@H]1C(=O)O[C@@H]1C[C@H](O)CCCCCCCCCCCCCCCCC. The van der Waals surface area contributed by atoms with Crippen molar-refractivity contribution in [1.29, 1.82) is 0 Å². The molecule has 1 aliphatic heterocycles. The molecule has 0 spiro atoms. The van der Waals surface area contributed by atoms with Crippen LogP contribution in [0.15, 0.2) is 0 Å². The monoisotopic (exact) mass is 392 g/mol. The summed E-state index contributed by atoms with van der Waals surface area (Å²) in [5.74, 6) is 2.12. The molecule has 0 aromatic carbocycles. The molecule has 0 bridgehead atoms. The average Bonchev–Trinajstić information content (AvgIpc) is 2.68. The van der Waals surface area contributed by atoms with Crippen LogP contribution < -0.4 is 0 Å². The molecule has 0 aliphatic carbocycles. The maximum absolute atomic E-state index is 11.3. The molecule has 0 aromatic rings. The van der Waals surface area contributed by atoms with Crippen LogP contribution >= 0.6 is 0 Å². The number of carbonyl (C=O) groups excluding carboxylic acids is 1. The van der Waals surface area contributed by atoms with Gasteiger partial charge in [0.1, 0.15) is 12.0 Å². The molecule has 1 aliphatic rings. The standard InChI is InChI=1S/C25H44O3/c1-3-5-6-7-8-9-10-11-12-13-14-15-16-17-18-20-22(26)21-24-23(19-4-2)25(27)28-24/h2,22-24,26H,3,5-21H2,1H3/t22-,23-,24-/m1/s1. The Labute approximate surface area is 174 Å². The van der Waals surface area contributed by atoms with Gasteiger partial charge >= 0.3 is 5.97 Å². The molecule has 1 heterocycles. The first-order valence-electron chi connectivity index (χ1n) is 12.0. The minimum Gasteiger partial charge on any atom is -0.461 e. The van der Waals surface area contributed by atoms with Crippen LogP contribution in [0.2, 0.25) is 0 Å². The van der Waals surface area contributed by atoms with Crippen LogP contribution in [-0.4, -0.2) is 23.3 Å². The van der Waals surface area contributed by atoms with E-state index in [1.54, 1.807) is 0 Å². The fourth-order valence-corrected chi connectivity index (χ4v) is 4.09. The number of terminal acetylenes is 1. The zero-order valence-corrected chi connectivity index (χ0v) is 18.3. The molecule has 28 heavy (non-hydrogen) atoms. The summed E-state index contributed by atoms with van der Waals surface area (Å²) in [6.07, 6.45) is 26.7. The smallest absolute Gasteiger partial charge is 0.313 e. The van der Waals surface area contributed by atoms with Crippen LogP contribution in [0.3, 0.4) is 0 Å². The largest absolute Gasteiger partial charge is 0.461 e. The summed E-state index contributed by atoms with van der Waals surface area (Å²) in [6, 6.07) is 0. The average molecular weight is 393 g/mol. The van der Waals surface area contributed by atoms with Crippen LogP contribution in [0.25, 0.3) is 0 Å². The quantitative estimate of drug-likeness (QED) is 0.154. The maximum Gasteiger partial charge on any atom is 0.313 e. The number of rotatable bonds is 19. The highest BCUT2D eigenvalue weighted by Gasteiger charge is 2.42. The summed E-state index contributed by atoms with van der Waals surface area (Å²) in [7, 11) is 0. The topological polar surface area (TPSA) is 46.5 Å². The van der Waals surface area contributed by atoms with Crippen molar-refractivity contribution in [2.75, 3.05) is 0 Å². The Balaban J connectivity index is 1.80. The van der Waals surface area contributed by atoms with E-state index in [0.717, 1.165) is 12.8 Å². The van der Waals surface area contributed by atoms with Crippen LogP contribution in [0, 0.1) is 18.3 Å². The van der Waals surface area contributed by atoms with Crippen molar-refractivity contribution in [3.05, 3.63) is 0 Å². The molecule has 0 aromatic heterocycles. The number of esters is 1. The summed E-state index contributed by atoms with van der Waals surface area (Å²) in [6.45, 7) is 2.27. The number of cyclic esters (lactones) is 1. The van der Waals surface area contributed by atoms with Crippen LogP contribution in [0.5, 0.6) is 0 Å². The van der Waals surface area contributed by atoms with Gasteiger partial charge in [0.15, 0.2) is 0 Å². The van der Waals surface area contributed by atoms with Gasteiger partial charge in [0.2, 0.25) is 0 Å². The first-order valence-corrected chi connectivity index (χ1v) is 12.0. The molecule has 1 N–H and O–H groups in total. The lowest BCUT2D eigenvalue weighted by atomic mass is 9.88. The van der Waals surface area contributed by atoms with Crippen LogP contribution in [-0.2, 0) is 9.53 Å². The molecule has 0 unspecified atom stereocenters. The Kier molecular flexibility index (Phi) is 15.1. The zero-order chi connectivity index (χ0) is 20.5.